The summed E-state index contributed by atoms with van der Waals surface area (Å²) in [6, 6.07) is 8.61. The lowest BCUT2D eigenvalue weighted by Gasteiger charge is -2.40. The van der Waals surface area contributed by atoms with Gasteiger partial charge in [0.1, 0.15) is 0 Å². The Bertz CT molecular complexity index is 408. The fraction of sp³-hybridized carbons (Fsp3) is 0.667. The molecule has 0 unspecified atom stereocenters. The summed E-state index contributed by atoms with van der Waals surface area (Å²) < 4.78 is 1.24. The third kappa shape index (κ3) is 4.08. The Hall–Kier alpha value is -0.340. The van der Waals surface area contributed by atoms with Gasteiger partial charge in [-0.15, -0.1) is 0 Å². The maximum absolute atomic E-state index is 6.17. The molecule has 0 aromatic heterocycles. The molecular weight excluding hydrogens is 310 g/mol. The minimum Gasteiger partial charge on any atom is -0.330 e. The number of benzene rings is 1. The molecule has 0 amide bonds. The molecule has 0 heterocycles. The second-order valence-corrected chi connectivity index (χ2v) is 7.41. The van der Waals surface area contributed by atoms with E-state index in [1.165, 1.54) is 55.0 Å². The molecule has 1 nitrogen and oxygen atoms in total. The van der Waals surface area contributed by atoms with Gasteiger partial charge < -0.3 is 5.73 Å². The van der Waals surface area contributed by atoms with Gasteiger partial charge >= 0.3 is 0 Å². The van der Waals surface area contributed by atoms with Gasteiger partial charge in [-0.05, 0) is 61.6 Å². The van der Waals surface area contributed by atoms with Gasteiger partial charge in [0, 0.05) is 4.47 Å². The van der Waals surface area contributed by atoms with E-state index in [0.717, 1.165) is 18.9 Å². The van der Waals surface area contributed by atoms with Crippen LogP contribution >= 0.6 is 15.9 Å². The van der Waals surface area contributed by atoms with E-state index in [1.54, 1.807) is 0 Å². The summed E-state index contributed by atoms with van der Waals surface area (Å²) in [6.45, 7) is 3.12. The van der Waals surface area contributed by atoms with Crippen LogP contribution in [0.15, 0.2) is 28.7 Å². The third-order valence-electron chi connectivity index (χ3n) is 5.09. The van der Waals surface area contributed by atoms with Crippen LogP contribution in [-0.4, -0.2) is 6.54 Å². The second-order valence-electron chi connectivity index (χ2n) is 6.56. The summed E-state index contributed by atoms with van der Waals surface area (Å²) in [5.74, 6) is 0.953. The molecular formula is C18H28BrN. The quantitative estimate of drug-likeness (QED) is 0.747. The van der Waals surface area contributed by atoms with Crippen molar-refractivity contribution in [3.63, 3.8) is 0 Å². The van der Waals surface area contributed by atoms with Gasteiger partial charge in [0.25, 0.3) is 0 Å². The van der Waals surface area contributed by atoms with Crippen LogP contribution in [0.1, 0.15) is 57.4 Å². The van der Waals surface area contributed by atoms with E-state index < -0.39 is 0 Å². The molecule has 1 fully saturated rings. The van der Waals surface area contributed by atoms with E-state index in [9.17, 15) is 0 Å². The van der Waals surface area contributed by atoms with Crippen molar-refractivity contribution in [3.8, 4) is 0 Å². The van der Waals surface area contributed by atoms with Crippen molar-refractivity contribution >= 4 is 15.9 Å². The van der Waals surface area contributed by atoms with Crippen molar-refractivity contribution < 1.29 is 0 Å². The molecule has 0 saturated heterocycles. The fourth-order valence-corrected chi connectivity index (χ4v) is 4.00. The fourth-order valence-electron chi connectivity index (χ4n) is 3.57. The van der Waals surface area contributed by atoms with Crippen LogP contribution in [0.25, 0.3) is 0 Å². The molecule has 0 atom stereocenters. The molecule has 1 aliphatic carbocycles. The average Bonchev–Trinajstić information content (AvgIpc) is 2.49. The Labute approximate surface area is 132 Å². The van der Waals surface area contributed by atoms with Gasteiger partial charge in [0.2, 0.25) is 0 Å². The number of nitrogens with two attached hydrogens (primary N) is 1. The Morgan fingerprint density at radius 2 is 1.95 bits per heavy atom. The van der Waals surface area contributed by atoms with Crippen LogP contribution in [0, 0.1) is 11.3 Å². The Morgan fingerprint density at radius 1 is 1.25 bits per heavy atom. The van der Waals surface area contributed by atoms with Gasteiger partial charge in [-0.25, -0.2) is 0 Å². The lowest BCUT2D eigenvalue weighted by Crippen LogP contribution is -2.37. The highest BCUT2D eigenvalue weighted by molar-refractivity contribution is 9.10. The summed E-state index contributed by atoms with van der Waals surface area (Å²) in [5, 5.41) is 0. The molecule has 112 valence electrons. The van der Waals surface area contributed by atoms with E-state index in [-0.39, 0.29) is 0 Å². The van der Waals surface area contributed by atoms with Crippen LogP contribution in [0.3, 0.4) is 0 Å². The first kappa shape index (κ1) is 16.0. The number of rotatable bonds is 6. The smallest absolute Gasteiger partial charge is 0.0207 e. The van der Waals surface area contributed by atoms with Crippen molar-refractivity contribution in [1.82, 2.24) is 0 Å². The molecule has 2 rings (SSSR count). The molecule has 0 radical (unpaired) electrons. The molecule has 0 spiro atoms. The Balaban J connectivity index is 1.97. The highest BCUT2D eigenvalue weighted by atomic mass is 79.9. The van der Waals surface area contributed by atoms with E-state index in [1.807, 2.05) is 0 Å². The van der Waals surface area contributed by atoms with Crippen molar-refractivity contribution in [2.75, 3.05) is 6.54 Å². The minimum atomic E-state index is 0.340. The number of unbranched alkanes of at least 4 members (excludes halogenated alkanes) is 1. The summed E-state index contributed by atoms with van der Waals surface area (Å²) in [4.78, 5) is 0. The molecule has 1 aromatic rings. The zero-order valence-electron chi connectivity index (χ0n) is 12.7. The molecule has 2 heteroatoms. The minimum absolute atomic E-state index is 0.340. The van der Waals surface area contributed by atoms with Gasteiger partial charge in [0.05, 0.1) is 0 Å². The lowest BCUT2D eigenvalue weighted by atomic mass is 9.67. The first-order valence-corrected chi connectivity index (χ1v) is 8.92. The number of halogens is 1. The highest BCUT2D eigenvalue weighted by Crippen LogP contribution is 2.43. The SMILES string of the molecule is CCCCC1CCC(CN)(Cc2ccccc2Br)CC1. The van der Waals surface area contributed by atoms with Crippen molar-refractivity contribution in [2.24, 2.45) is 17.1 Å². The number of hydrogen-bond donors (Lipinski definition) is 1. The maximum Gasteiger partial charge on any atom is 0.0207 e. The predicted octanol–water partition coefficient (Wildman–Crippen LogP) is 5.32. The van der Waals surface area contributed by atoms with Crippen LogP contribution in [0.4, 0.5) is 0 Å². The van der Waals surface area contributed by atoms with Gasteiger partial charge in [-0.1, -0.05) is 60.3 Å². The topological polar surface area (TPSA) is 26.0 Å². The zero-order chi connectivity index (χ0) is 14.4. The molecule has 1 aliphatic rings. The summed E-state index contributed by atoms with van der Waals surface area (Å²) in [6.07, 6.45) is 10.6. The average molecular weight is 338 g/mol. The molecule has 1 aromatic carbocycles. The molecule has 1 saturated carbocycles. The van der Waals surface area contributed by atoms with Crippen LogP contribution in [0.2, 0.25) is 0 Å². The standard InChI is InChI=1S/C18H28BrN/c1-2-3-6-15-9-11-18(14-20,12-10-15)13-16-7-4-5-8-17(16)19/h4-5,7-8,15H,2-3,6,9-14,20H2,1H3. The summed E-state index contributed by atoms with van der Waals surface area (Å²) in [7, 11) is 0. The van der Waals surface area contributed by atoms with E-state index in [4.69, 9.17) is 5.73 Å². The summed E-state index contributed by atoms with van der Waals surface area (Å²) >= 11 is 3.68. The number of hydrogen-bond acceptors (Lipinski definition) is 1. The normalized spacial score (nSPS) is 26.6. The Kier molecular flexibility index (Phi) is 6.10. The Morgan fingerprint density at radius 3 is 2.55 bits per heavy atom. The van der Waals surface area contributed by atoms with Crippen LogP contribution < -0.4 is 5.73 Å². The van der Waals surface area contributed by atoms with Gasteiger partial charge in [0.15, 0.2) is 0 Å². The molecule has 0 aliphatic heterocycles. The van der Waals surface area contributed by atoms with E-state index in [2.05, 4.69) is 47.1 Å². The van der Waals surface area contributed by atoms with Crippen LogP contribution in [-0.2, 0) is 6.42 Å². The van der Waals surface area contributed by atoms with E-state index in [0.29, 0.717) is 5.41 Å². The van der Waals surface area contributed by atoms with Crippen molar-refractivity contribution in [1.29, 1.82) is 0 Å². The molecule has 2 N–H and O–H groups in total. The zero-order valence-corrected chi connectivity index (χ0v) is 14.3. The largest absolute Gasteiger partial charge is 0.330 e. The second kappa shape index (κ2) is 7.61. The van der Waals surface area contributed by atoms with Gasteiger partial charge in [-0.3, -0.25) is 0 Å². The van der Waals surface area contributed by atoms with Crippen molar-refractivity contribution in [3.05, 3.63) is 34.3 Å². The summed E-state index contributed by atoms with van der Waals surface area (Å²) in [5.41, 5.74) is 7.93. The van der Waals surface area contributed by atoms with Crippen molar-refractivity contribution in [2.45, 2.75) is 58.3 Å². The molecule has 0 bridgehead atoms. The highest BCUT2D eigenvalue weighted by Gasteiger charge is 2.34. The third-order valence-corrected chi connectivity index (χ3v) is 5.86. The first-order chi connectivity index (χ1) is 9.69. The lowest BCUT2D eigenvalue weighted by molar-refractivity contribution is 0.149. The van der Waals surface area contributed by atoms with Crippen LogP contribution in [0.5, 0.6) is 0 Å². The van der Waals surface area contributed by atoms with E-state index >= 15 is 0 Å². The van der Waals surface area contributed by atoms with Gasteiger partial charge in [-0.2, -0.15) is 0 Å². The first-order valence-electron chi connectivity index (χ1n) is 8.12. The predicted molar refractivity (Wildman–Crippen MR) is 90.8 cm³/mol. The maximum atomic E-state index is 6.17. The monoisotopic (exact) mass is 337 g/mol. The molecule has 20 heavy (non-hydrogen) atoms.